The summed E-state index contributed by atoms with van der Waals surface area (Å²) in [5, 5.41) is 11.6. The summed E-state index contributed by atoms with van der Waals surface area (Å²) in [4.78, 5) is 0. The molecule has 0 bridgehead atoms. The lowest BCUT2D eigenvalue weighted by atomic mass is 10.1. The quantitative estimate of drug-likeness (QED) is 0.285. The van der Waals surface area contributed by atoms with Crippen molar-refractivity contribution in [3.8, 4) is 17.1 Å². The number of ether oxygens (including phenoxy) is 1. The average Bonchev–Trinajstić information content (AvgIpc) is 3.08. The summed E-state index contributed by atoms with van der Waals surface area (Å²) >= 11 is 5.32. The smallest absolute Gasteiger partial charge is 0.216 e. The maximum Gasteiger partial charge on any atom is 0.216 e. The lowest BCUT2D eigenvalue weighted by Gasteiger charge is -2.06. The summed E-state index contributed by atoms with van der Waals surface area (Å²) in [5.41, 5.74) is 3.12. The summed E-state index contributed by atoms with van der Waals surface area (Å²) in [7, 11) is 0. The maximum absolute atomic E-state index is 5.78. The first-order chi connectivity index (χ1) is 13.7. The minimum atomic E-state index is 0.457. The number of nitrogens with zero attached hydrogens (tertiary/aromatic N) is 3. The summed E-state index contributed by atoms with van der Waals surface area (Å²) in [6, 6.07) is 16.0. The molecule has 0 saturated heterocycles. The van der Waals surface area contributed by atoms with Gasteiger partial charge in [0, 0.05) is 5.56 Å². The standard InChI is InChI=1S/C22H26N4OS/c1-3-4-5-6-15-27-20-13-9-18(10-14-20)16-23-26-21(24-25-22(26)28)19-11-7-17(2)8-12-19/h7-14,16H,3-6,15H2,1-2H3,(H,25,28)/b23-16-. The van der Waals surface area contributed by atoms with Crippen LogP contribution in [-0.4, -0.2) is 27.7 Å². The Balaban J connectivity index is 1.66. The van der Waals surface area contributed by atoms with E-state index in [1.807, 2.05) is 48.5 Å². The highest BCUT2D eigenvalue weighted by Gasteiger charge is 2.07. The summed E-state index contributed by atoms with van der Waals surface area (Å²) in [6.45, 7) is 5.02. The van der Waals surface area contributed by atoms with Crippen molar-refractivity contribution in [2.24, 2.45) is 5.10 Å². The van der Waals surface area contributed by atoms with Crippen LogP contribution in [0.1, 0.15) is 43.7 Å². The van der Waals surface area contributed by atoms with Crippen molar-refractivity contribution in [3.05, 3.63) is 64.4 Å². The van der Waals surface area contributed by atoms with E-state index < -0.39 is 0 Å². The molecular weight excluding hydrogens is 368 g/mol. The van der Waals surface area contributed by atoms with Crippen molar-refractivity contribution in [2.45, 2.75) is 39.5 Å². The van der Waals surface area contributed by atoms with Gasteiger partial charge in [-0.3, -0.25) is 0 Å². The third kappa shape index (κ3) is 5.39. The molecule has 5 nitrogen and oxygen atoms in total. The highest BCUT2D eigenvalue weighted by molar-refractivity contribution is 7.71. The second kappa shape index (κ2) is 9.99. The first-order valence-electron chi connectivity index (χ1n) is 9.69. The van der Waals surface area contributed by atoms with Crippen LogP contribution in [0.4, 0.5) is 0 Å². The van der Waals surface area contributed by atoms with Crippen molar-refractivity contribution in [2.75, 3.05) is 6.61 Å². The maximum atomic E-state index is 5.78. The summed E-state index contributed by atoms with van der Waals surface area (Å²) in [6.07, 6.45) is 6.59. The topological polar surface area (TPSA) is 55.2 Å². The first kappa shape index (κ1) is 20.0. The molecular formula is C22H26N4OS. The van der Waals surface area contributed by atoms with Crippen LogP contribution in [0.25, 0.3) is 11.4 Å². The van der Waals surface area contributed by atoms with E-state index in [0.717, 1.165) is 29.9 Å². The zero-order valence-corrected chi connectivity index (χ0v) is 17.2. The molecule has 0 aliphatic heterocycles. The molecule has 0 aliphatic rings. The van der Waals surface area contributed by atoms with Crippen LogP contribution < -0.4 is 4.74 Å². The van der Waals surface area contributed by atoms with Gasteiger partial charge >= 0.3 is 0 Å². The lowest BCUT2D eigenvalue weighted by Crippen LogP contribution is -1.98. The highest BCUT2D eigenvalue weighted by Crippen LogP contribution is 2.18. The van der Waals surface area contributed by atoms with Gasteiger partial charge in [0.1, 0.15) is 5.75 Å². The Bertz CT molecular complexity index is 955. The van der Waals surface area contributed by atoms with E-state index in [4.69, 9.17) is 17.0 Å². The van der Waals surface area contributed by atoms with Crippen molar-refractivity contribution in [1.29, 1.82) is 0 Å². The van der Waals surface area contributed by atoms with Crippen LogP contribution in [0.15, 0.2) is 53.6 Å². The predicted octanol–water partition coefficient (Wildman–Crippen LogP) is 5.76. The van der Waals surface area contributed by atoms with Gasteiger partial charge in [-0.05, 0) is 55.4 Å². The van der Waals surface area contributed by atoms with E-state index in [1.165, 1.54) is 24.8 Å². The van der Waals surface area contributed by atoms with Crippen LogP contribution in [0.5, 0.6) is 5.75 Å². The Labute approximate surface area is 171 Å². The van der Waals surface area contributed by atoms with Crippen molar-refractivity contribution >= 4 is 18.4 Å². The number of hydrogen-bond donors (Lipinski definition) is 1. The van der Waals surface area contributed by atoms with E-state index in [-0.39, 0.29) is 0 Å². The first-order valence-corrected chi connectivity index (χ1v) is 10.1. The lowest BCUT2D eigenvalue weighted by molar-refractivity contribution is 0.305. The number of aryl methyl sites for hydroxylation is 1. The SMILES string of the molecule is CCCCCCOc1ccc(/C=N\n2c(-c3ccc(C)cc3)n[nH]c2=S)cc1. The fourth-order valence-corrected chi connectivity index (χ4v) is 2.96. The second-order valence-electron chi connectivity index (χ2n) is 6.75. The fourth-order valence-electron chi connectivity index (χ4n) is 2.78. The van der Waals surface area contributed by atoms with Crippen molar-refractivity contribution < 1.29 is 4.74 Å². The second-order valence-corrected chi connectivity index (χ2v) is 7.14. The zero-order valence-electron chi connectivity index (χ0n) is 16.4. The number of rotatable bonds is 9. The largest absolute Gasteiger partial charge is 0.494 e. The number of unbranched alkanes of at least 4 members (excludes halogenated alkanes) is 3. The molecule has 0 atom stereocenters. The van der Waals surface area contributed by atoms with Gasteiger partial charge in [0.15, 0.2) is 5.82 Å². The van der Waals surface area contributed by atoms with Crippen LogP contribution in [0, 0.1) is 11.7 Å². The monoisotopic (exact) mass is 394 g/mol. The Morgan fingerprint density at radius 1 is 1.07 bits per heavy atom. The van der Waals surface area contributed by atoms with Crippen molar-refractivity contribution in [1.82, 2.24) is 14.9 Å². The third-order valence-electron chi connectivity index (χ3n) is 4.43. The summed E-state index contributed by atoms with van der Waals surface area (Å²) in [5.74, 6) is 1.57. The van der Waals surface area contributed by atoms with Crippen LogP contribution >= 0.6 is 12.2 Å². The predicted molar refractivity (Wildman–Crippen MR) is 117 cm³/mol. The minimum absolute atomic E-state index is 0.457. The molecule has 0 spiro atoms. The number of H-pyrrole nitrogens is 1. The van der Waals surface area contributed by atoms with Gasteiger partial charge < -0.3 is 4.74 Å². The van der Waals surface area contributed by atoms with Crippen LogP contribution in [0.2, 0.25) is 0 Å². The van der Waals surface area contributed by atoms with E-state index in [0.29, 0.717) is 10.6 Å². The number of nitrogens with one attached hydrogen (secondary N) is 1. The summed E-state index contributed by atoms with van der Waals surface area (Å²) < 4.78 is 7.88. The molecule has 0 unspecified atom stereocenters. The van der Waals surface area contributed by atoms with Gasteiger partial charge in [-0.15, -0.1) is 0 Å². The molecule has 1 N–H and O–H groups in total. The van der Waals surface area contributed by atoms with Crippen LogP contribution in [-0.2, 0) is 0 Å². The Kier molecular flexibility index (Phi) is 7.14. The molecule has 1 aromatic heterocycles. The molecule has 3 aromatic rings. The Hall–Kier alpha value is -2.73. The molecule has 0 saturated carbocycles. The van der Waals surface area contributed by atoms with E-state index in [2.05, 4.69) is 29.1 Å². The third-order valence-corrected chi connectivity index (χ3v) is 4.69. The number of hydrogen-bond acceptors (Lipinski definition) is 4. The fraction of sp³-hybridized carbons (Fsp3) is 0.318. The zero-order chi connectivity index (χ0) is 19.8. The molecule has 2 aromatic carbocycles. The average molecular weight is 395 g/mol. The van der Waals surface area contributed by atoms with Crippen molar-refractivity contribution in [3.63, 3.8) is 0 Å². The molecule has 1 heterocycles. The van der Waals surface area contributed by atoms with Gasteiger partial charge in [-0.25, -0.2) is 5.10 Å². The van der Waals surface area contributed by atoms with E-state index >= 15 is 0 Å². The molecule has 28 heavy (non-hydrogen) atoms. The Morgan fingerprint density at radius 3 is 2.54 bits per heavy atom. The van der Waals surface area contributed by atoms with E-state index in [1.54, 1.807) is 10.9 Å². The van der Waals surface area contributed by atoms with Gasteiger partial charge in [-0.1, -0.05) is 56.0 Å². The van der Waals surface area contributed by atoms with Gasteiger partial charge in [0.25, 0.3) is 0 Å². The molecule has 0 fully saturated rings. The molecule has 146 valence electrons. The van der Waals surface area contributed by atoms with Gasteiger partial charge in [-0.2, -0.15) is 14.9 Å². The normalized spacial score (nSPS) is 11.2. The Morgan fingerprint density at radius 2 is 1.82 bits per heavy atom. The number of aromatic amines is 1. The molecule has 0 amide bonds. The molecule has 3 rings (SSSR count). The molecule has 6 heteroatoms. The molecule has 0 radical (unpaired) electrons. The number of aromatic nitrogens is 3. The minimum Gasteiger partial charge on any atom is -0.494 e. The molecule has 0 aliphatic carbocycles. The van der Waals surface area contributed by atoms with Gasteiger partial charge in [0.2, 0.25) is 4.77 Å². The van der Waals surface area contributed by atoms with Crippen LogP contribution in [0.3, 0.4) is 0 Å². The highest BCUT2D eigenvalue weighted by atomic mass is 32.1. The van der Waals surface area contributed by atoms with Gasteiger partial charge in [0.05, 0.1) is 12.8 Å². The number of benzene rings is 2. The van der Waals surface area contributed by atoms with E-state index in [9.17, 15) is 0 Å².